The topological polar surface area (TPSA) is 57.6 Å². The third kappa shape index (κ3) is 4.04. The first kappa shape index (κ1) is 19.1. The summed E-state index contributed by atoms with van der Waals surface area (Å²) < 4.78 is 38.8. The second-order valence-electron chi connectivity index (χ2n) is 5.50. The molecule has 0 unspecified atom stereocenters. The SMILES string of the molecule is O=C(O)c1cccc(C=C2SC(=S)N(c3cccc(C(F)(F)F)c3)C2=O)c1. The number of hydrogen-bond donors (Lipinski definition) is 1. The van der Waals surface area contributed by atoms with Gasteiger partial charge in [0.25, 0.3) is 5.91 Å². The summed E-state index contributed by atoms with van der Waals surface area (Å²) in [5.41, 5.74) is -0.334. The monoisotopic (exact) mass is 409 g/mol. The summed E-state index contributed by atoms with van der Waals surface area (Å²) in [5.74, 6) is -1.67. The number of halogens is 3. The Hall–Kier alpha value is -2.65. The van der Waals surface area contributed by atoms with Gasteiger partial charge in [-0.3, -0.25) is 9.69 Å². The van der Waals surface area contributed by atoms with Crippen molar-refractivity contribution in [2.75, 3.05) is 4.90 Å². The molecule has 9 heteroatoms. The van der Waals surface area contributed by atoms with Crippen molar-refractivity contribution < 1.29 is 27.9 Å². The fourth-order valence-electron chi connectivity index (χ4n) is 2.42. The van der Waals surface area contributed by atoms with Crippen LogP contribution in [0.5, 0.6) is 0 Å². The second-order valence-corrected chi connectivity index (χ2v) is 7.17. The van der Waals surface area contributed by atoms with Crippen LogP contribution in [0.1, 0.15) is 21.5 Å². The van der Waals surface area contributed by atoms with Gasteiger partial charge in [0.15, 0.2) is 4.32 Å². The predicted octanol–water partition coefficient (Wildman–Crippen LogP) is 4.81. The van der Waals surface area contributed by atoms with Gasteiger partial charge >= 0.3 is 12.1 Å². The Balaban J connectivity index is 1.94. The maximum Gasteiger partial charge on any atom is 0.416 e. The maximum absolute atomic E-state index is 12.9. The summed E-state index contributed by atoms with van der Waals surface area (Å²) in [6.45, 7) is 0. The van der Waals surface area contributed by atoms with E-state index >= 15 is 0 Å². The first-order chi connectivity index (χ1) is 12.7. The highest BCUT2D eigenvalue weighted by atomic mass is 32.2. The number of nitrogens with zero attached hydrogens (tertiary/aromatic N) is 1. The van der Waals surface area contributed by atoms with Crippen molar-refractivity contribution >= 4 is 51.9 Å². The molecule has 1 heterocycles. The smallest absolute Gasteiger partial charge is 0.416 e. The molecule has 0 aromatic heterocycles. The molecule has 0 bridgehead atoms. The van der Waals surface area contributed by atoms with E-state index in [2.05, 4.69) is 0 Å². The van der Waals surface area contributed by atoms with Crippen LogP contribution in [-0.4, -0.2) is 21.3 Å². The highest BCUT2D eigenvalue weighted by Crippen LogP contribution is 2.38. The quantitative estimate of drug-likeness (QED) is 0.583. The van der Waals surface area contributed by atoms with Crippen molar-refractivity contribution in [1.82, 2.24) is 0 Å². The molecule has 0 spiro atoms. The lowest BCUT2D eigenvalue weighted by atomic mass is 10.1. The van der Waals surface area contributed by atoms with Crippen LogP contribution in [0.2, 0.25) is 0 Å². The number of carbonyl (C=O) groups excluding carboxylic acids is 1. The Kier molecular flexibility index (Phi) is 5.07. The average Bonchev–Trinajstić information content (AvgIpc) is 2.88. The van der Waals surface area contributed by atoms with Gasteiger partial charge in [-0.25, -0.2) is 4.79 Å². The Bertz CT molecular complexity index is 986. The van der Waals surface area contributed by atoms with Gasteiger partial charge in [-0.05, 0) is 42.0 Å². The molecule has 2 aromatic rings. The van der Waals surface area contributed by atoms with Crippen LogP contribution in [-0.2, 0) is 11.0 Å². The number of carbonyl (C=O) groups is 2. The molecule has 27 heavy (non-hydrogen) atoms. The van der Waals surface area contributed by atoms with Crippen LogP contribution >= 0.6 is 24.0 Å². The van der Waals surface area contributed by atoms with E-state index in [0.717, 1.165) is 28.8 Å². The average molecular weight is 409 g/mol. The van der Waals surface area contributed by atoms with Crippen molar-refractivity contribution in [1.29, 1.82) is 0 Å². The van der Waals surface area contributed by atoms with Gasteiger partial charge in [-0.2, -0.15) is 13.2 Å². The number of rotatable bonds is 3. The molecule has 2 aromatic carbocycles. The largest absolute Gasteiger partial charge is 0.478 e. The van der Waals surface area contributed by atoms with Crippen molar-refractivity contribution in [3.05, 3.63) is 70.1 Å². The lowest BCUT2D eigenvalue weighted by molar-refractivity contribution is -0.137. The lowest BCUT2D eigenvalue weighted by Gasteiger charge is -2.16. The van der Waals surface area contributed by atoms with Crippen LogP contribution in [0.4, 0.5) is 18.9 Å². The molecule has 138 valence electrons. The molecule has 1 saturated heterocycles. The number of thiocarbonyl (C=S) groups is 1. The van der Waals surface area contributed by atoms with Gasteiger partial charge in [0.1, 0.15) is 0 Å². The molecule has 0 radical (unpaired) electrons. The van der Waals surface area contributed by atoms with E-state index < -0.39 is 23.6 Å². The zero-order chi connectivity index (χ0) is 19.8. The van der Waals surface area contributed by atoms with Crippen LogP contribution in [0.25, 0.3) is 6.08 Å². The molecule has 4 nitrogen and oxygen atoms in total. The fourth-order valence-corrected chi connectivity index (χ4v) is 3.72. The molecule has 0 atom stereocenters. The highest BCUT2D eigenvalue weighted by molar-refractivity contribution is 8.27. The fraction of sp³-hybridized carbons (Fsp3) is 0.0556. The number of alkyl halides is 3. The van der Waals surface area contributed by atoms with Gasteiger partial charge in [-0.15, -0.1) is 0 Å². The van der Waals surface area contributed by atoms with Crippen molar-refractivity contribution in [3.8, 4) is 0 Å². The van der Waals surface area contributed by atoms with Crippen LogP contribution in [0.15, 0.2) is 53.4 Å². The van der Waals surface area contributed by atoms with E-state index in [4.69, 9.17) is 17.3 Å². The number of hydrogen-bond acceptors (Lipinski definition) is 4. The van der Waals surface area contributed by atoms with Gasteiger partial charge < -0.3 is 5.11 Å². The van der Waals surface area contributed by atoms with Crippen LogP contribution in [0, 0.1) is 0 Å². The molecule has 1 aliphatic rings. The van der Waals surface area contributed by atoms with Crippen LogP contribution in [0.3, 0.4) is 0 Å². The zero-order valence-electron chi connectivity index (χ0n) is 13.4. The van der Waals surface area contributed by atoms with Crippen molar-refractivity contribution in [2.24, 2.45) is 0 Å². The summed E-state index contributed by atoms with van der Waals surface area (Å²) in [5, 5.41) is 9.03. The Morgan fingerprint density at radius 1 is 1.15 bits per heavy atom. The molecule has 0 saturated carbocycles. The summed E-state index contributed by atoms with van der Waals surface area (Å²) in [7, 11) is 0. The first-order valence-corrected chi connectivity index (χ1v) is 8.68. The van der Waals surface area contributed by atoms with Gasteiger partial charge in [0.05, 0.1) is 21.7 Å². The van der Waals surface area contributed by atoms with E-state index in [-0.39, 0.29) is 20.5 Å². The number of carboxylic acids is 1. The second kappa shape index (κ2) is 7.16. The van der Waals surface area contributed by atoms with E-state index in [1.54, 1.807) is 6.07 Å². The van der Waals surface area contributed by atoms with Crippen molar-refractivity contribution in [3.63, 3.8) is 0 Å². The Labute approximate surface area is 161 Å². The lowest BCUT2D eigenvalue weighted by Crippen LogP contribution is -2.27. The molecule has 1 amide bonds. The van der Waals surface area contributed by atoms with Gasteiger partial charge in [0, 0.05) is 0 Å². The Morgan fingerprint density at radius 2 is 1.85 bits per heavy atom. The minimum Gasteiger partial charge on any atom is -0.478 e. The third-order valence-electron chi connectivity index (χ3n) is 3.66. The van der Waals surface area contributed by atoms with E-state index in [9.17, 15) is 22.8 Å². The first-order valence-electron chi connectivity index (χ1n) is 7.45. The van der Waals surface area contributed by atoms with Gasteiger partial charge in [-0.1, -0.05) is 42.2 Å². The summed E-state index contributed by atoms with van der Waals surface area (Å²) in [4.78, 5) is 24.9. The third-order valence-corrected chi connectivity index (χ3v) is 4.96. The molecular formula is C18H10F3NO3S2. The Morgan fingerprint density at radius 3 is 2.52 bits per heavy atom. The summed E-state index contributed by atoms with van der Waals surface area (Å²) >= 11 is 6.09. The number of amides is 1. The van der Waals surface area contributed by atoms with Crippen LogP contribution < -0.4 is 4.90 Å². The van der Waals surface area contributed by atoms with E-state index in [1.165, 1.54) is 36.4 Å². The minimum atomic E-state index is -4.54. The molecule has 0 aliphatic carbocycles. The number of thioether (sulfide) groups is 1. The number of benzene rings is 2. The molecular weight excluding hydrogens is 399 g/mol. The normalized spacial score (nSPS) is 16.3. The molecule has 1 fully saturated rings. The minimum absolute atomic E-state index is 0.0232. The predicted molar refractivity (Wildman–Crippen MR) is 100 cm³/mol. The van der Waals surface area contributed by atoms with Crippen molar-refractivity contribution in [2.45, 2.75) is 6.18 Å². The molecule has 1 aliphatic heterocycles. The van der Waals surface area contributed by atoms with E-state index in [1.807, 2.05) is 0 Å². The van der Waals surface area contributed by atoms with Gasteiger partial charge in [0.2, 0.25) is 0 Å². The number of anilines is 1. The summed E-state index contributed by atoms with van der Waals surface area (Å²) in [6, 6.07) is 10.3. The zero-order valence-corrected chi connectivity index (χ0v) is 15.0. The highest BCUT2D eigenvalue weighted by Gasteiger charge is 2.36. The standard InChI is InChI=1S/C18H10F3NO3S2/c19-18(20,21)12-5-2-6-13(9-12)22-15(23)14(27-17(22)26)8-10-3-1-4-11(7-10)16(24)25/h1-9H,(H,24,25). The molecule has 3 rings (SSSR count). The maximum atomic E-state index is 12.9. The number of aromatic carboxylic acids is 1. The number of carboxylic acid groups (broad SMARTS) is 1. The van der Waals surface area contributed by atoms with E-state index in [0.29, 0.717) is 5.56 Å². The summed E-state index contributed by atoms with van der Waals surface area (Å²) in [6.07, 6.45) is -3.08. The molecule has 1 N–H and O–H groups in total.